The molecule has 0 unspecified atom stereocenters. The standard InChI is InChI=1S/C19H24N2O3S/c1-4-13-19(2,3)20-18(22)15-9-8-10-16(14-15)21-25(23,24)17-11-6-5-7-12-17/h5-12,14,21H,4,13H2,1-3H3,(H,20,22). The smallest absolute Gasteiger partial charge is 0.261 e. The van der Waals surface area contributed by atoms with Crippen molar-refractivity contribution >= 4 is 21.6 Å². The first-order valence-corrected chi connectivity index (χ1v) is 9.72. The highest BCUT2D eigenvalue weighted by molar-refractivity contribution is 7.92. The molecule has 0 fully saturated rings. The van der Waals surface area contributed by atoms with Crippen LogP contribution < -0.4 is 10.0 Å². The summed E-state index contributed by atoms with van der Waals surface area (Å²) in [5, 5.41) is 2.98. The van der Waals surface area contributed by atoms with Crippen LogP contribution in [-0.4, -0.2) is 19.9 Å². The number of carbonyl (C=O) groups excluding carboxylic acids is 1. The fraction of sp³-hybridized carbons (Fsp3) is 0.316. The minimum Gasteiger partial charge on any atom is -0.347 e. The van der Waals surface area contributed by atoms with Gasteiger partial charge in [0.1, 0.15) is 0 Å². The molecule has 2 aromatic rings. The van der Waals surface area contributed by atoms with E-state index in [1.165, 1.54) is 18.2 Å². The molecule has 2 N–H and O–H groups in total. The number of hydrogen-bond donors (Lipinski definition) is 2. The van der Waals surface area contributed by atoms with E-state index in [9.17, 15) is 13.2 Å². The van der Waals surface area contributed by atoms with Crippen LogP contribution in [0.3, 0.4) is 0 Å². The van der Waals surface area contributed by atoms with Crippen LogP contribution in [0.4, 0.5) is 5.69 Å². The molecule has 6 heteroatoms. The number of benzene rings is 2. The van der Waals surface area contributed by atoms with E-state index in [2.05, 4.69) is 17.0 Å². The lowest BCUT2D eigenvalue weighted by Gasteiger charge is -2.25. The SMILES string of the molecule is CCCC(C)(C)NC(=O)c1cccc(NS(=O)(=O)c2ccccc2)c1. The molecule has 2 aromatic carbocycles. The van der Waals surface area contributed by atoms with Crippen LogP contribution >= 0.6 is 0 Å². The average molecular weight is 360 g/mol. The maximum Gasteiger partial charge on any atom is 0.261 e. The minimum absolute atomic E-state index is 0.175. The van der Waals surface area contributed by atoms with Gasteiger partial charge in [-0.1, -0.05) is 37.6 Å². The van der Waals surface area contributed by atoms with Gasteiger partial charge in [-0.2, -0.15) is 0 Å². The van der Waals surface area contributed by atoms with E-state index in [-0.39, 0.29) is 16.3 Å². The largest absolute Gasteiger partial charge is 0.347 e. The van der Waals surface area contributed by atoms with Gasteiger partial charge in [0.2, 0.25) is 0 Å². The molecule has 0 saturated carbocycles. The molecule has 1 amide bonds. The Morgan fingerprint density at radius 1 is 1.04 bits per heavy atom. The van der Waals surface area contributed by atoms with Gasteiger partial charge in [-0.25, -0.2) is 8.42 Å². The Kier molecular flexibility index (Phi) is 5.85. The van der Waals surface area contributed by atoms with Crippen LogP contribution in [0, 0.1) is 0 Å². The summed E-state index contributed by atoms with van der Waals surface area (Å²) >= 11 is 0. The Morgan fingerprint density at radius 3 is 2.36 bits per heavy atom. The molecular formula is C19H24N2O3S. The molecule has 0 radical (unpaired) electrons. The second-order valence-corrected chi connectivity index (χ2v) is 8.27. The molecule has 2 rings (SSSR count). The predicted octanol–water partition coefficient (Wildman–Crippen LogP) is 3.80. The molecule has 0 heterocycles. The van der Waals surface area contributed by atoms with E-state index in [1.807, 2.05) is 13.8 Å². The summed E-state index contributed by atoms with van der Waals surface area (Å²) in [5.41, 5.74) is 0.452. The Labute approximate surface area is 149 Å². The predicted molar refractivity (Wildman–Crippen MR) is 100 cm³/mol. The van der Waals surface area contributed by atoms with E-state index < -0.39 is 10.0 Å². The number of anilines is 1. The van der Waals surface area contributed by atoms with E-state index in [1.54, 1.807) is 36.4 Å². The van der Waals surface area contributed by atoms with Gasteiger partial charge in [-0.15, -0.1) is 0 Å². The van der Waals surface area contributed by atoms with Gasteiger partial charge < -0.3 is 5.32 Å². The summed E-state index contributed by atoms with van der Waals surface area (Å²) in [5.74, 6) is -0.223. The number of sulfonamides is 1. The molecule has 0 aliphatic heterocycles. The normalized spacial score (nSPS) is 11.8. The zero-order valence-corrected chi connectivity index (χ0v) is 15.6. The second kappa shape index (κ2) is 7.70. The van der Waals surface area contributed by atoms with Gasteiger partial charge in [0.05, 0.1) is 4.90 Å². The highest BCUT2D eigenvalue weighted by Gasteiger charge is 2.20. The van der Waals surface area contributed by atoms with Crippen molar-refractivity contribution in [2.24, 2.45) is 0 Å². The van der Waals surface area contributed by atoms with Crippen molar-refractivity contribution in [2.45, 2.75) is 44.0 Å². The summed E-state index contributed by atoms with van der Waals surface area (Å²) in [6.45, 7) is 6.00. The van der Waals surface area contributed by atoms with Gasteiger partial charge in [0.25, 0.3) is 15.9 Å². The molecule has 0 saturated heterocycles. The topological polar surface area (TPSA) is 75.3 Å². The Hall–Kier alpha value is -2.34. The van der Waals surface area contributed by atoms with Crippen LogP contribution in [0.15, 0.2) is 59.5 Å². The number of hydrogen-bond acceptors (Lipinski definition) is 3. The lowest BCUT2D eigenvalue weighted by atomic mass is 9.98. The van der Waals surface area contributed by atoms with Crippen LogP contribution in [0.1, 0.15) is 44.0 Å². The van der Waals surface area contributed by atoms with Crippen molar-refractivity contribution in [3.8, 4) is 0 Å². The van der Waals surface area contributed by atoms with E-state index >= 15 is 0 Å². The Bertz CT molecular complexity index is 831. The first kappa shape index (κ1) is 19.0. The van der Waals surface area contributed by atoms with E-state index in [4.69, 9.17) is 0 Å². The number of nitrogens with one attached hydrogen (secondary N) is 2. The third kappa shape index (κ3) is 5.32. The molecular weight excluding hydrogens is 336 g/mol. The van der Waals surface area contributed by atoms with E-state index in [0.717, 1.165) is 12.8 Å². The lowest BCUT2D eigenvalue weighted by Crippen LogP contribution is -2.43. The van der Waals surface area contributed by atoms with Crippen molar-refractivity contribution in [1.82, 2.24) is 5.32 Å². The molecule has 0 aliphatic carbocycles. The summed E-state index contributed by atoms with van der Waals surface area (Å²) < 4.78 is 27.3. The minimum atomic E-state index is -3.68. The van der Waals surface area contributed by atoms with Crippen molar-refractivity contribution in [3.05, 3.63) is 60.2 Å². The third-order valence-electron chi connectivity index (χ3n) is 3.76. The number of carbonyl (C=O) groups is 1. The van der Waals surface area contributed by atoms with Crippen LogP contribution in [-0.2, 0) is 10.0 Å². The highest BCUT2D eigenvalue weighted by atomic mass is 32.2. The first-order chi connectivity index (χ1) is 11.7. The zero-order chi connectivity index (χ0) is 18.5. The quantitative estimate of drug-likeness (QED) is 0.789. The van der Waals surface area contributed by atoms with Gasteiger partial charge in [-0.05, 0) is 50.6 Å². The van der Waals surface area contributed by atoms with Gasteiger partial charge in [0.15, 0.2) is 0 Å². The number of rotatable bonds is 7. The van der Waals surface area contributed by atoms with Gasteiger partial charge in [-0.3, -0.25) is 9.52 Å². The van der Waals surface area contributed by atoms with Crippen molar-refractivity contribution in [3.63, 3.8) is 0 Å². The average Bonchev–Trinajstić information content (AvgIpc) is 2.55. The molecule has 0 aromatic heterocycles. The maximum absolute atomic E-state index is 12.4. The summed E-state index contributed by atoms with van der Waals surface area (Å²) in [6, 6.07) is 14.6. The Morgan fingerprint density at radius 2 is 1.72 bits per heavy atom. The van der Waals surface area contributed by atoms with Gasteiger partial charge in [0, 0.05) is 16.8 Å². The fourth-order valence-corrected chi connectivity index (χ4v) is 3.68. The molecule has 0 spiro atoms. The zero-order valence-electron chi connectivity index (χ0n) is 14.7. The Balaban J connectivity index is 2.18. The van der Waals surface area contributed by atoms with E-state index in [0.29, 0.717) is 11.3 Å². The van der Waals surface area contributed by atoms with Crippen LogP contribution in [0.5, 0.6) is 0 Å². The lowest BCUT2D eigenvalue weighted by molar-refractivity contribution is 0.0909. The molecule has 5 nitrogen and oxygen atoms in total. The van der Waals surface area contributed by atoms with Crippen LogP contribution in [0.2, 0.25) is 0 Å². The van der Waals surface area contributed by atoms with Crippen LogP contribution in [0.25, 0.3) is 0 Å². The van der Waals surface area contributed by atoms with Gasteiger partial charge >= 0.3 is 0 Å². The van der Waals surface area contributed by atoms with Crippen molar-refractivity contribution in [2.75, 3.05) is 4.72 Å². The maximum atomic E-state index is 12.4. The molecule has 134 valence electrons. The second-order valence-electron chi connectivity index (χ2n) is 6.59. The third-order valence-corrected chi connectivity index (χ3v) is 5.15. The summed E-state index contributed by atoms with van der Waals surface area (Å²) in [6.07, 6.45) is 1.82. The summed E-state index contributed by atoms with van der Waals surface area (Å²) in [4.78, 5) is 12.6. The number of amides is 1. The van der Waals surface area contributed by atoms with Crippen molar-refractivity contribution in [1.29, 1.82) is 0 Å². The summed E-state index contributed by atoms with van der Waals surface area (Å²) in [7, 11) is -3.68. The molecule has 0 atom stereocenters. The fourth-order valence-electron chi connectivity index (χ4n) is 2.60. The molecule has 25 heavy (non-hydrogen) atoms. The van der Waals surface area contributed by atoms with Crippen molar-refractivity contribution < 1.29 is 13.2 Å². The molecule has 0 aliphatic rings. The monoisotopic (exact) mass is 360 g/mol. The highest BCUT2D eigenvalue weighted by Crippen LogP contribution is 2.18. The first-order valence-electron chi connectivity index (χ1n) is 8.24. The molecule has 0 bridgehead atoms.